The van der Waals surface area contributed by atoms with E-state index in [4.69, 9.17) is 5.73 Å². The van der Waals surface area contributed by atoms with E-state index in [0.29, 0.717) is 12.8 Å². The van der Waals surface area contributed by atoms with Crippen LogP contribution < -0.4 is 5.73 Å². The zero-order valence-corrected chi connectivity index (χ0v) is 12.2. The summed E-state index contributed by atoms with van der Waals surface area (Å²) in [5.74, 6) is 0.212. The second kappa shape index (κ2) is 5.97. The maximum absolute atomic E-state index is 11.0. The minimum Gasteiger partial charge on any atom is -0.324 e. The molecule has 2 N–H and O–H groups in total. The summed E-state index contributed by atoms with van der Waals surface area (Å²) in [6, 6.07) is 7.84. The van der Waals surface area contributed by atoms with Gasteiger partial charge in [-0.3, -0.25) is 0 Å². The van der Waals surface area contributed by atoms with Crippen molar-refractivity contribution in [3.63, 3.8) is 0 Å². The molecule has 0 radical (unpaired) electrons. The van der Waals surface area contributed by atoms with Gasteiger partial charge in [-0.15, -0.1) is 0 Å². The zero-order valence-electron chi connectivity index (χ0n) is 9.19. The number of benzene rings is 1. The molecular formula is C11H16INO2S. The Hall–Kier alpha value is -0.140. The minimum absolute atomic E-state index is 0.0742. The van der Waals surface area contributed by atoms with Crippen LogP contribution in [-0.2, 0) is 9.84 Å². The van der Waals surface area contributed by atoms with E-state index in [1.54, 1.807) is 0 Å². The number of hydrogen-bond acceptors (Lipinski definition) is 3. The van der Waals surface area contributed by atoms with E-state index in [-0.39, 0.29) is 11.8 Å². The third-order valence-corrected chi connectivity index (χ3v) is 4.35. The van der Waals surface area contributed by atoms with Gasteiger partial charge in [0, 0.05) is 21.6 Å². The summed E-state index contributed by atoms with van der Waals surface area (Å²) < 4.78 is 23.1. The maximum atomic E-state index is 11.0. The molecule has 0 fully saturated rings. The summed E-state index contributed by atoms with van der Waals surface area (Å²) >= 11 is 2.25. The van der Waals surface area contributed by atoms with Gasteiger partial charge in [-0.25, -0.2) is 8.42 Å². The van der Waals surface area contributed by atoms with Crippen molar-refractivity contribution in [3.05, 3.63) is 33.4 Å². The summed E-state index contributed by atoms with van der Waals surface area (Å²) in [5, 5.41) is 0. The number of halogens is 1. The van der Waals surface area contributed by atoms with Crippen molar-refractivity contribution in [3.8, 4) is 0 Å². The quantitative estimate of drug-likeness (QED) is 0.825. The first-order chi connectivity index (χ1) is 7.40. The van der Waals surface area contributed by atoms with Gasteiger partial charge < -0.3 is 5.73 Å². The van der Waals surface area contributed by atoms with E-state index >= 15 is 0 Å². The lowest BCUT2D eigenvalue weighted by molar-refractivity contribution is 0.587. The molecule has 0 spiro atoms. The van der Waals surface area contributed by atoms with Gasteiger partial charge in [0.25, 0.3) is 0 Å². The average molecular weight is 353 g/mol. The minimum atomic E-state index is -2.87. The first kappa shape index (κ1) is 13.9. The first-order valence-electron chi connectivity index (χ1n) is 5.08. The molecule has 1 aromatic rings. The number of sulfone groups is 1. The van der Waals surface area contributed by atoms with Crippen molar-refractivity contribution in [2.45, 2.75) is 18.9 Å². The van der Waals surface area contributed by atoms with Crippen molar-refractivity contribution in [2.75, 3.05) is 12.0 Å². The SMILES string of the molecule is CS(=O)(=O)CCCC(N)c1ccccc1I. The highest BCUT2D eigenvalue weighted by molar-refractivity contribution is 14.1. The smallest absolute Gasteiger partial charge is 0.147 e. The van der Waals surface area contributed by atoms with Crippen molar-refractivity contribution < 1.29 is 8.42 Å². The van der Waals surface area contributed by atoms with Gasteiger partial charge in [0.05, 0.1) is 0 Å². The number of rotatable bonds is 5. The topological polar surface area (TPSA) is 60.2 Å². The lowest BCUT2D eigenvalue weighted by Crippen LogP contribution is -2.13. The molecule has 0 saturated heterocycles. The van der Waals surface area contributed by atoms with Gasteiger partial charge in [0.2, 0.25) is 0 Å². The Morgan fingerprint density at radius 2 is 2.00 bits per heavy atom. The summed E-state index contributed by atoms with van der Waals surface area (Å²) in [4.78, 5) is 0. The molecular weight excluding hydrogens is 337 g/mol. The molecule has 16 heavy (non-hydrogen) atoms. The zero-order chi connectivity index (χ0) is 12.2. The van der Waals surface area contributed by atoms with Crippen LogP contribution >= 0.6 is 22.6 Å². The van der Waals surface area contributed by atoms with Crippen LogP contribution in [0.2, 0.25) is 0 Å². The van der Waals surface area contributed by atoms with Crippen molar-refractivity contribution in [1.82, 2.24) is 0 Å². The van der Waals surface area contributed by atoms with Gasteiger partial charge in [-0.1, -0.05) is 18.2 Å². The van der Waals surface area contributed by atoms with E-state index in [0.717, 1.165) is 9.13 Å². The molecule has 3 nitrogen and oxygen atoms in total. The molecule has 1 unspecified atom stereocenters. The molecule has 0 amide bonds. The van der Waals surface area contributed by atoms with Gasteiger partial charge in [-0.2, -0.15) is 0 Å². The van der Waals surface area contributed by atoms with E-state index in [2.05, 4.69) is 22.6 Å². The standard InChI is InChI=1S/C11H16INO2S/c1-16(14,15)8-4-7-11(13)9-5-2-3-6-10(9)12/h2-3,5-6,11H,4,7-8,13H2,1H3. The molecule has 1 atom stereocenters. The molecule has 0 aliphatic carbocycles. The predicted molar refractivity (Wildman–Crippen MR) is 75.0 cm³/mol. The fourth-order valence-electron chi connectivity index (χ4n) is 1.50. The Kier molecular flexibility index (Phi) is 5.20. The summed E-state index contributed by atoms with van der Waals surface area (Å²) in [7, 11) is -2.87. The van der Waals surface area contributed by atoms with Crippen LogP contribution in [0.25, 0.3) is 0 Å². The lowest BCUT2D eigenvalue weighted by atomic mass is 10.0. The van der Waals surface area contributed by atoms with Crippen LogP contribution in [0.4, 0.5) is 0 Å². The second-order valence-corrected chi connectivity index (χ2v) is 7.32. The fourth-order valence-corrected chi connectivity index (χ4v) is 2.98. The third kappa shape index (κ3) is 4.80. The van der Waals surface area contributed by atoms with E-state index in [1.807, 2.05) is 24.3 Å². The molecule has 0 saturated carbocycles. The molecule has 0 aromatic heterocycles. The van der Waals surface area contributed by atoms with Crippen LogP contribution in [0.5, 0.6) is 0 Å². The predicted octanol–water partition coefficient (Wildman–Crippen LogP) is 2.12. The van der Waals surface area contributed by atoms with Crippen molar-refractivity contribution in [2.24, 2.45) is 5.73 Å². The van der Waals surface area contributed by atoms with Gasteiger partial charge in [-0.05, 0) is 47.1 Å². The van der Waals surface area contributed by atoms with Crippen LogP contribution in [0, 0.1) is 3.57 Å². The second-order valence-electron chi connectivity index (χ2n) is 3.90. The van der Waals surface area contributed by atoms with Crippen LogP contribution in [-0.4, -0.2) is 20.4 Å². The molecule has 90 valence electrons. The maximum Gasteiger partial charge on any atom is 0.147 e. The van der Waals surface area contributed by atoms with Crippen LogP contribution in [0.15, 0.2) is 24.3 Å². The summed E-state index contributed by atoms with van der Waals surface area (Å²) in [6.07, 6.45) is 2.57. The van der Waals surface area contributed by atoms with Gasteiger partial charge >= 0.3 is 0 Å². The highest BCUT2D eigenvalue weighted by Gasteiger charge is 2.10. The lowest BCUT2D eigenvalue weighted by Gasteiger charge is -2.13. The number of nitrogens with two attached hydrogens (primary N) is 1. The van der Waals surface area contributed by atoms with Crippen molar-refractivity contribution >= 4 is 32.4 Å². The molecule has 0 heterocycles. The normalized spacial score (nSPS) is 13.7. The highest BCUT2D eigenvalue weighted by Crippen LogP contribution is 2.21. The largest absolute Gasteiger partial charge is 0.324 e. The molecule has 5 heteroatoms. The Morgan fingerprint density at radius 1 is 1.38 bits per heavy atom. The molecule has 0 aliphatic heterocycles. The Labute approximate surface area is 110 Å². The van der Waals surface area contributed by atoms with E-state index in [9.17, 15) is 8.42 Å². The summed E-state index contributed by atoms with van der Waals surface area (Å²) in [5.41, 5.74) is 7.12. The van der Waals surface area contributed by atoms with E-state index in [1.165, 1.54) is 6.26 Å². The van der Waals surface area contributed by atoms with Crippen LogP contribution in [0.3, 0.4) is 0 Å². The van der Waals surface area contributed by atoms with Gasteiger partial charge in [0.1, 0.15) is 9.84 Å². The van der Waals surface area contributed by atoms with Crippen LogP contribution in [0.1, 0.15) is 24.4 Å². The summed E-state index contributed by atoms with van der Waals surface area (Å²) in [6.45, 7) is 0. The average Bonchev–Trinajstić information content (AvgIpc) is 2.16. The Bertz CT molecular complexity index is 445. The Balaban J connectivity index is 2.54. The third-order valence-electron chi connectivity index (χ3n) is 2.33. The number of hydrogen-bond donors (Lipinski definition) is 1. The van der Waals surface area contributed by atoms with Crippen molar-refractivity contribution in [1.29, 1.82) is 0 Å². The monoisotopic (exact) mass is 353 g/mol. The van der Waals surface area contributed by atoms with Gasteiger partial charge in [0.15, 0.2) is 0 Å². The molecule has 0 bridgehead atoms. The first-order valence-corrected chi connectivity index (χ1v) is 8.22. The molecule has 1 rings (SSSR count). The fraction of sp³-hybridized carbons (Fsp3) is 0.455. The Morgan fingerprint density at radius 3 is 2.56 bits per heavy atom. The molecule has 0 aliphatic rings. The highest BCUT2D eigenvalue weighted by atomic mass is 127. The van der Waals surface area contributed by atoms with E-state index < -0.39 is 9.84 Å². The molecule has 1 aromatic carbocycles.